The second-order valence-electron chi connectivity index (χ2n) is 7.10. The molecule has 1 aromatic rings. The number of carbonyl (C=O) groups excluding carboxylic acids is 1. The predicted octanol–water partition coefficient (Wildman–Crippen LogP) is 3.31. The SMILES string of the molecule is Cc1n[nH]c(C)c1C(=O)N1CCCC(C(C)(C)C)CC1. The van der Waals surface area contributed by atoms with Crippen LogP contribution in [-0.2, 0) is 0 Å². The third-order valence-corrected chi connectivity index (χ3v) is 4.58. The van der Waals surface area contributed by atoms with Crippen molar-refractivity contribution < 1.29 is 4.79 Å². The second-order valence-corrected chi connectivity index (χ2v) is 7.10. The highest BCUT2D eigenvalue weighted by Gasteiger charge is 2.29. The van der Waals surface area contributed by atoms with E-state index in [0.29, 0.717) is 11.3 Å². The Balaban J connectivity index is 2.09. The highest BCUT2D eigenvalue weighted by Crippen LogP contribution is 2.34. The van der Waals surface area contributed by atoms with Gasteiger partial charge in [-0.25, -0.2) is 0 Å². The van der Waals surface area contributed by atoms with Crippen LogP contribution in [0, 0.1) is 25.2 Å². The molecule has 1 fully saturated rings. The van der Waals surface area contributed by atoms with Gasteiger partial charge in [-0.15, -0.1) is 0 Å². The Kier molecular flexibility index (Phi) is 4.21. The summed E-state index contributed by atoms with van der Waals surface area (Å²) in [5, 5.41) is 7.05. The van der Waals surface area contributed by atoms with Crippen LogP contribution in [0.15, 0.2) is 0 Å². The Bertz CT molecular complexity index is 465. The highest BCUT2D eigenvalue weighted by atomic mass is 16.2. The van der Waals surface area contributed by atoms with Crippen molar-refractivity contribution in [3.05, 3.63) is 17.0 Å². The summed E-state index contributed by atoms with van der Waals surface area (Å²) in [6.07, 6.45) is 3.42. The van der Waals surface area contributed by atoms with Crippen molar-refractivity contribution in [2.75, 3.05) is 13.1 Å². The largest absolute Gasteiger partial charge is 0.339 e. The maximum absolute atomic E-state index is 12.7. The molecular formula is C16H27N3O. The molecule has 20 heavy (non-hydrogen) atoms. The molecule has 1 aliphatic heterocycles. The number of hydrogen-bond donors (Lipinski definition) is 1. The van der Waals surface area contributed by atoms with Gasteiger partial charge in [-0.3, -0.25) is 9.89 Å². The Morgan fingerprint density at radius 1 is 1.25 bits per heavy atom. The maximum atomic E-state index is 12.7. The highest BCUT2D eigenvalue weighted by molar-refractivity contribution is 5.96. The lowest BCUT2D eigenvalue weighted by Crippen LogP contribution is -2.33. The van der Waals surface area contributed by atoms with Crippen molar-refractivity contribution in [3.8, 4) is 0 Å². The van der Waals surface area contributed by atoms with E-state index in [4.69, 9.17) is 0 Å². The molecule has 112 valence electrons. The fourth-order valence-corrected chi connectivity index (χ4v) is 3.19. The quantitative estimate of drug-likeness (QED) is 0.856. The van der Waals surface area contributed by atoms with Crippen LogP contribution < -0.4 is 0 Å². The predicted molar refractivity (Wildman–Crippen MR) is 80.8 cm³/mol. The number of carbonyl (C=O) groups is 1. The molecule has 1 aromatic heterocycles. The minimum absolute atomic E-state index is 0.142. The average molecular weight is 277 g/mol. The Morgan fingerprint density at radius 3 is 2.50 bits per heavy atom. The number of rotatable bonds is 1. The van der Waals surface area contributed by atoms with E-state index in [1.807, 2.05) is 18.7 Å². The third kappa shape index (κ3) is 3.05. The molecule has 1 amide bonds. The summed E-state index contributed by atoms with van der Waals surface area (Å²) < 4.78 is 0. The monoisotopic (exact) mass is 277 g/mol. The van der Waals surface area contributed by atoms with E-state index < -0.39 is 0 Å². The van der Waals surface area contributed by atoms with Gasteiger partial charge in [0.1, 0.15) is 0 Å². The number of hydrogen-bond acceptors (Lipinski definition) is 2. The first-order chi connectivity index (χ1) is 9.30. The van der Waals surface area contributed by atoms with Crippen LogP contribution in [0.2, 0.25) is 0 Å². The second kappa shape index (κ2) is 5.58. The Hall–Kier alpha value is -1.32. The molecule has 4 nitrogen and oxygen atoms in total. The van der Waals surface area contributed by atoms with Crippen molar-refractivity contribution in [1.29, 1.82) is 0 Å². The molecule has 1 saturated heterocycles. The van der Waals surface area contributed by atoms with Crippen LogP contribution in [0.4, 0.5) is 0 Å². The summed E-state index contributed by atoms with van der Waals surface area (Å²) in [6.45, 7) is 12.5. The van der Waals surface area contributed by atoms with Crippen molar-refractivity contribution >= 4 is 5.91 Å². The van der Waals surface area contributed by atoms with Gasteiger partial charge in [0.2, 0.25) is 0 Å². The van der Waals surface area contributed by atoms with E-state index in [1.54, 1.807) is 0 Å². The summed E-state index contributed by atoms with van der Waals surface area (Å²) >= 11 is 0. The van der Waals surface area contributed by atoms with Crippen molar-refractivity contribution in [2.45, 2.75) is 53.9 Å². The van der Waals surface area contributed by atoms with Gasteiger partial charge in [-0.05, 0) is 44.4 Å². The summed E-state index contributed by atoms with van der Waals surface area (Å²) in [4.78, 5) is 14.7. The summed E-state index contributed by atoms with van der Waals surface area (Å²) in [5.74, 6) is 0.843. The summed E-state index contributed by atoms with van der Waals surface area (Å²) in [7, 11) is 0. The maximum Gasteiger partial charge on any atom is 0.257 e. The number of H-pyrrole nitrogens is 1. The zero-order valence-electron chi connectivity index (χ0n) is 13.4. The van der Waals surface area contributed by atoms with E-state index in [9.17, 15) is 4.79 Å². The molecule has 0 bridgehead atoms. The van der Waals surface area contributed by atoms with Crippen LogP contribution in [0.3, 0.4) is 0 Å². The lowest BCUT2D eigenvalue weighted by Gasteiger charge is -2.29. The van der Waals surface area contributed by atoms with Gasteiger partial charge >= 0.3 is 0 Å². The van der Waals surface area contributed by atoms with E-state index in [0.717, 1.165) is 42.9 Å². The molecule has 1 aliphatic rings. The zero-order chi connectivity index (χ0) is 14.9. The topological polar surface area (TPSA) is 49.0 Å². The molecule has 4 heteroatoms. The Labute approximate surface area is 121 Å². The summed E-state index contributed by atoms with van der Waals surface area (Å²) in [5.41, 5.74) is 2.79. The molecule has 1 N–H and O–H groups in total. The van der Waals surface area contributed by atoms with Crippen molar-refractivity contribution in [1.82, 2.24) is 15.1 Å². The standard InChI is InChI=1S/C16H27N3O/c1-11-14(12(2)18-17-11)15(20)19-9-6-7-13(8-10-19)16(3,4)5/h13H,6-10H2,1-5H3,(H,17,18). The van der Waals surface area contributed by atoms with Crippen LogP contribution in [-0.4, -0.2) is 34.1 Å². The molecule has 0 spiro atoms. The molecule has 1 atom stereocenters. The van der Waals surface area contributed by atoms with Gasteiger partial charge in [-0.2, -0.15) is 5.10 Å². The molecular weight excluding hydrogens is 250 g/mol. The number of nitrogens with one attached hydrogen (secondary N) is 1. The van der Waals surface area contributed by atoms with E-state index >= 15 is 0 Å². The van der Waals surface area contributed by atoms with Gasteiger partial charge < -0.3 is 4.90 Å². The number of amides is 1. The fourth-order valence-electron chi connectivity index (χ4n) is 3.19. The van der Waals surface area contributed by atoms with E-state index in [2.05, 4.69) is 31.0 Å². The van der Waals surface area contributed by atoms with Gasteiger partial charge in [-0.1, -0.05) is 20.8 Å². The first-order valence-electron chi connectivity index (χ1n) is 7.61. The molecule has 2 rings (SSSR count). The number of nitrogens with zero attached hydrogens (tertiary/aromatic N) is 2. The van der Waals surface area contributed by atoms with Crippen LogP contribution in [0.1, 0.15) is 61.8 Å². The van der Waals surface area contributed by atoms with Crippen molar-refractivity contribution in [3.63, 3.8) is 0 Å². The first-order valence-corrected chi connectivity index (χ1v) is 7.61. The lowest BCUT2D eigenvalue weighted by molar-refractivity contribution is 0.0754. The normalized spacial score (nSPS) is 20.9. The zero-order valence-corrected chi connectivity index (χ0v) is 13.4. The number of aryl methyl sites for hydroxylation is 2. The van der Waals surface area contributed by atoms with Crippen LogP contribution >= 0.6 is 0 Å². The van der Waals surface area contributed by atoms with Gasteiger partial charge in [0, 0.05) is 18.8 Å². The first kappa shape index (κ1) is 15.1. The molecule has 0 aromatic carbocycles. The van der Waals surface area contributed by atoms with Crippen LogP contribution in [0.25, 0.3) is 0 Å². The molecule has 2 heterocycles. The molecule has 0 saturated carbocycles. The van der Waals surface area contributed by atoms with E-state index in [1.165, 1.54) is 6.42 Å². The lowest BCUT2D eigenvalue weighted by atomic mass is 9.77. The smallest absolute Gasteiger partial charge is 0.257 e. The van der Waals surface area contributed by atoms with Crippen molar-refractivity contribution in [2.24, 2.45) is 11.3 Å². The van der Waals surface area contributed by atoms with Gasteiger partial charge in [0.25, 0.3) is 5.91 Å². The Morgan fingerprint density at radius 2 is 1.95 bits per heavy atom. The average Bonchev–Trinajstić information content (AvgIpc) is 2.58. The summed E-state index contributed by atoms with van der Waals surface area (Å²) in [6, 6.07) is 0. The molecule has 1 unspecified atom stereocenters. The minimum Gasteiger partial charge on any atom is -0.339 e. The van der Waals surface area contributed by atoms with E-state index in [-0.39, 0.29) is 5.91 Å². The molecule has 0 radical (unpaired) electrons. The van der Waals surface area contributed by atoms with Gasteiger partial charge in [0.05, 0.1) is 11.3 Å². The number of aromatic amines is 1. The number of likely N-dealkylation sites (tertiary alicyclic amines) is 1. The van der Waals surface area contributed by atoms with Crippen LogP contribution in [0.5, 0.6) is 0 Å². The minimum atomic E-state index is 0.142. The van der Waals surface area contributed by atoms with Gasteiger partial charge in [0.15, 0.2) is 0 Å². The third-order valence-electron chi connectivity index (χ3n) is 4.58. The number of aromatic nitrogens is 2. The fraction of sp³-hybridized carbons (Fsp3) is 0.750. The molecule has 0 aliphatic carbocycles.